The fourth-order valence-electron chi connectivity index (χ4n) is 4.95. The van der Waals surface area contributed by atoms with Crippen LogP contribution >= 0.6 is 11.6 Å². The molecule has 3 amide bonds. The number of carboxylic acid groups (broad SMARTS) is 1. The van der Waals surface area contributed by atoms with Gasteiger partial charge in [-0.15, -0.1) is 0 Å². The van der Waals surface area contributed by atoms with Crippen molar-refractivity contribution in [1.82, 2.24) is 10.3 Å². The van der Waals surface area contributed by atoms with Crippen molar-refractivity contribution in [3.8, 4) is 5.75 Å². The number of ether oxygens (including phenoxy) is 2. The van der Waals surface area contributed by atoms with Crippen LogP contribution in [0.4, 0.5) is 14.9 Å². The second-order valence-corrected chi connectivity index (χ2v) is 12.1. The number of nitrogens with zero attached hydrogens (tertiary/aromatic N) is 3. The molecule has 2 fully saturated rings. The number of carbonyl (C=O) groups is 4. The summed E-state index contributed by atoms with van der Waals surface area (Å²) in [6.45, 7) is 10.7. The molecule has 3 heterocycles. The Hall–Kier alpha value is -4.32. The molecule has 1 saturated heterocycles. The van der Waals surface area contributed by atoms with Crippen molar-refractivity contribution in [2.75, 3.05) is 4.90 Å². The third-order valence-corrected chi connectivity index (χ3v) is 8.32. The number of amidine groups is 1. The van der Waals surface area contributed by atoms with Crippen LogP contribution in [0.15, 0.2) is 40.7 Å². The first-order chi connectivity index (χ1) is 21.2. The van der Waals surface area contributed by atoms with E-state index >= 15 is 0 Å². The van der Waals surface area contributed by atoms with Gasteiger partial charge in [0.1, 0.15) is 22.8 Å². The predicted molar refractivity (Wildman–Crippen MR) is 165 cm³/mol. The highest BCUT2D eigenvalue weighted by molar-refractivity contribution is 6.32. The quantitative estimate of drug-likeness (QED) is 0.339. The number of aliphatic imine (C=N–C) groups is 1. The zero-order valence-electron chi connectivity index (χ0n) is 26.0. The van der Waals surface area contributed by atoms with Crippen molar-refractivity contribution in [3.63, 3.8) is 0 Å². The molecule has 45 heavy (non-hydrogen) atoms. The number of carbonyl (C=O) groups excluding carboxylic acids is 3. The summed E-state index contributed by atoms with van der Waals surface area (Å²) in [7, 11) is 0. The number of carboxylic acids is 1. The number of cyclic esters (lactones) is 1. The van der Waals surface area contributed by atoms with Crippen molar-refractivity contribution in [1.29, 1.82) is 0 Å². The number of aromatic nitrogens is 1. The van der Waals surface area contributed by atoms with Crippen molar-refractivity contribution in [2.45, 2.75) is 85.3 Å². The monoisotopic (exact) mass is 642 g/mol. The van der Waals surface area contributed by atoms with Gasteiger partial charge in [-0.2, -0.15) is 0 Å². The van der Waals surface area contributed by atoms with Crippen LogP contribution in [0.1, 0.15) is 88.8 Å². The Labute approximate surface area is 265 Å². The van der Waals surface area contributed by atoms with Crippen LogP contribution in [0.2, 0.25) is 5.02 Å². The lowest BCUT2D eigenvalue weighted by atomic mass is 9.89. The average molecular weight is 643 g/mol. The lowest BCUT2D eigenvalue weighted by molar-refractivity contribution is -0.124. The van der Waals surface area contributed by atoms with E-state index in [9.17, 15) is 28.7 Å². The smallest absolute Gasteiger partial charge is 0.427 e. The van der Waals surface area contributed by atoms with Crippen LogP contribution in [-0.2, 0) is 20.7 Å². The molecule has 13 heteroatoms. The number of amides is 3. The molecular formula is C32H36ClFN4O7. The Balaban J connectivity index is 0.000000207. The minimum atomic E-state index is -1.08. The number of aryl methyl sites for hydroxylation is 1. The first-order valence-corrected chi connectivity index (χ1v) is 15.1. The summed E-state index contributed by atoms with van der Waals surface area (Å²) < 4.78 is 25.1. The molecule has 240 valence electrons. The molecule has 1 aliphatic carbocycles. The Bertz CT molecular complexity index is 1610. The molecular weight excluding hydrogens is 607 g/mol. The maximum atomic E-state index is 14.3. The van der Waals surface area contributed by atoms with E-state index in [-0.39, 0.29) is 57.2 Å². The zero-order valence-corrected chi connectivity index (χ0v) is 26.7. The van der Waals surface area contributed by atoms with Gasteiger partial charge in [-0.1, -0.05) is 32.4 Å². The molecule has 0 radical (unpaired) electrons. The molecule has 11 nitrogen and oxygen atoms in total. The summed E-state index contributed by atoms with van der Waals surface area (Å²) >= 11 is 6.04. The van der Waals surface area contributed by atoms with Gasteiger partial charge < -0.3 is 19.9 Å². The standard InChI is InChI=1S/C17H17ClFNO4.C15H19N3O3/c1-9(2)15-16(21)20(17(22)24-15)13-8-14(11(18)7-12(13)19)23-10-5-3-4-6-10;1-5-9-6-10(13(19)20)11(16-7-9)12-17-14(21)15(4,18-12)8(2)3/h7-8,10H,3-6H2,1-2H3;6-8H,5H2,1-4H3,(H,19,20)(H,17,18,21). The summed E-state index contributed by atoms with van der Waals surface area (Å²) in [5.74, 6) is -2.41. The minimum absolute atomic E-state index is 0.00167. The van der Waals surface area contributed by atoms with Gasteiger partial charge >= 0.3 is 18.0 Å². The Morgan fingerprint density at radius 2 is 1.89 bits per heavy atom. The van der Waals surface area contributed by atoms with Gasteiger partial charge in [-0.3, -0.25) is 14.6 Å². The minimum Gasteiger partial charge on any atom is -0.489 e. The molecule has 2 aliphatic heterocycles. The summed E-state index contributed by atoms with van der Waals surface area (Å²) in [5.41, 5.74) is 0.508. The molecule has 5 rings (SSSR count). The Morgan fingerprint density at radius 3 is 2.42 bits per heavy atom. The lowest BCUT2D eigenvalue weighted by Gasteiger charge is -2.21. The molecule has 1 saturated carbocycles. The Morgan fingerprint density at radius 1 is 1.22 bits per heavy atom. The van der Waals surface area contributed by atoms with Gasteiger partial charge in [-0.25, -0.2) is 23.9 Å². The molecule has 1 aromatic carbocycles. The van der Waals surface area contributed by atoms with Crippen LogP contribution in [0.5, 0.6) is 5.75 Å². The predicted octanol–water partition coefficient (Wildman–Crippen LogP) is 6.21. The third kappa shape index (κ3) is 6.85. The molecule has 1 atom stereocenters. The topological polar surface area (TPSA) is 147 Å². The van der Waals surface area contributed by atoms with Crippen molar-refractivity contribution < 1.29 is 38.1 Å². The number of hydrogen-bond donors (Lipinski definition) is 2. The van der Waals surface area contributed by atoms with Crippen LogP contribution in [0, 0.1) is 11.7 Å². The summed E-state index contributed by atoms with van der Waals surface area (Å²) in [5, 5.41) is 12.1. The van der Waals surface area contributed by atoms with Crippen molar-refractivity contribution >= 4 is 47.0 Å². The summed E-state index contributed by atoms with van der Waals surface area (Å²) in [4.78, 5) is 57.1. The van der Waals surface area contributed by atoms with E-state index in [2.05, 4.69) is 15.3 Å². The van der Waals surface area contributed by atoms with E-state index in [1.54, 1.807) is 33.0 Å². The van der Waals surface area contributed by atoms with E-state index in [1.165, 1.54) is 6.07 Å². The van der Waals surface area contributed by atoms with Crippen LogP contribution in [0.25, 0.3) is 0 Å². The van der Waals surface area contributed by atoms with E-state index in [1.807, 2.05) is 20.8 Å². The number of imide groups is 1. The number of nitrogens with one attached hydrogen (secondary N) is 1. The van der Waals surface area contributed by atoms with Gasteiger partial charge in [0.05, 0.1) is 22.4 Å². The fourth-order valence-corrected chi connectivity index (χ4v) is 5.15. The number of anilines is 1. The molecule has 0 spiro atoms. The summed E-state index contributed by atoms with van der Waals surface area (Å²) in [6.07, 6.45) is 5.30. The Kier molecular flexibility index (Phi) is 9.96. The van der Waals surface area contributed by atoms with Crippen molar-refractivity contribution in [2.24, 2.45) is 10.9 Å². The van der Waals surface area contributed by atoms with E-state index in [0.717, 1.165) is 37.3 Å². The fraction of sp³-hybridized carbons (Fsp3) is 0.438. The molecule has 2 N–H and O–H groups in total. The maximum Gasteiger partial charge on any atom is 0.427 e. The first kappa shape index (κ1) is 33.6. The highest BCUT2D eigenvalue weighted by Gasteiger charge is 2.43. The number of benzene rings is 1. The van der Waals surface area contributed by atoms with E-state index < -0.39 is 29.3 Å². The van der Waals surface area contributed by atoms with Gasteiger partial charge in [0, 0.05) is 12.3 Å². The van der Waals surface area contributed by atoms with Gasteiger partial charge in [0.25, 0.3) is 5.91 Å². The van der Waals surface area contributed by atoms with Crippen molar-refractivity contribution in [3.05, 3.63) is 63.4 Å². The summed E-state index contributed by atoms with van der Waals surface area (Å²) in [6, 6.07) is 3.90. The number of allylic oxidation sites excluding steroid dienone is 1. The normalized spacial score (nSPS) is 19.8. The molecule has 3 aliphatic rings. The number of aromatic carboxylic acids is 1. The second kappa shape index (κ2) is 13.4. The zero-order chi connectivity index (χ0) is 33.2. The van der Waals surface area contributed by atoms with Gasteiger partial charge in [-0.05, 0) is 82.1 Å². The number of pyridine rings is 1. The maximum absolute atomic E-state index is 14.3. The highest BCUT2D eigenvalue weighted by Crippen LogP contribution is 2.37. The molecule has 2 aromatic rings. The van der Waals surface area contributed by atoms with E-state index in [0.29, 0.717) is 16.9 Å². The van der Waals surface area contributed by atoms with E-state index in [4.69, 9.17) is 21.1 Å². The van der Waals surface area contributed by atoms with Gasteiger partial charge in [0.2, 0.25) is 0 Å². The van der Waals surface area contributed by atoms with Crippen LogP contribution in [-0.4, -0.2) is 51.4 Å². The largest absolute Gasteiger partial charge is 0.489 e. The second-order valence-electron chi connectivity index (χ2n) is 11.7. The van der Waals surface area contributed by atoms with Gasteiger partial charge in [0.15, 0.2) is 11.6 Å². The number of hydrogen-bond acceptors (Lipinski definition) is 8. The third-order valence-electron chi connectivity index (χ3n) is 8.03. The SMILES string of the molecule is CC(C)=C1OC(=O)N(c2cc(OC3CCCC3)c(Cl)cc2F)C1=O.CCc1cnc(C2=NC(C)(C(C)C)C(=O)N2)c(C(=O)O)c1. The first-order valence-electron chi connectivity index (χ1n) is 14.7. The molecule has 1 unspecified atom stereocenters. The number of rotatable bonds is 7. The average Bonchev–Trinajstić information content (AvgIpc) is 3.69. The van der Waals surface area contributed by atoms with Crippen LogP contribution < -0.4 is 15.0 Å². The molecule has 1 aromatic heterocycles. The highest BCUT2D eigenvalue weighted by atomic mass is 35.5. The molecule has 0 bridgehead atoms. The van der Waals surface area contributed by atoms with Crippen LogP contribution in [0.3, 0.4) is 0 Å². The lowest BCUT2D eigenvalue weighted by Crippen LogP contribution is -2.41. The number of halogens is 2.